The molecule has 3 N–H and O–H groups in total. The highest BCUT2D eigenvalue weighted by Crippen LogP contribution is 2.12. The van der Waals surface area contributed by atoms with Crippen LogP contribution >= 0.6 is 11.3 Å². The lowest BCUT2D eigenvalue weighted by atomic mass is 10.2. The zero-order chi connectivity index (χ0) is 13.7. The van der Waals surface area contributed by atoms with Gasteiger partial charge in [0, 0.05) is 18.5 Å². The van der Waals surface area contributed by atoms with Crippen molar-refractivity contribution in [3.63, 3.8) is 0 Å². The molecule has 19 heavy (non-hydrogen) atoms. The van der Waals surface area contributed by atoms with E-state index in [1.54, 1.807) is 6.07 Å². The molecule has 100 valence electrons. The van der Waals surface area contributed by atoms with Gasteiger partial charge in [0.2, 0.25) is 5.13 Å². The van der Waals surface area contributed by atoms with Crippen LogP contribution in [0.15, 0.2) is 24.3 Å². The van der Waals surface area contributed by atoms with E-state index in [0.29, 0.717) is 23.7 Å². The van der Waals surface area contributed by atoms with E-state index >= 15 is 0 Å². The van der Waals surface area contributed by atoms with Gasteiger partial charge in [0.05, 0.1) is 0 Å². The van der Waals surface area contributed by atoms with E-state index in [4.69, 9.17) is 5.73 Å². The third-order valence-corrected chi connectivity index (χ3v) is 3.23. The van der Waals surface area contributed by atoms with Crippen LogP contribution in [0.2, 0.25) is 0 Å². The van der Waals surface area contributed by atoms with Gasteiger partial charge in [-0.3, -0.25) is 4.79 Å². The first kappa shape index (κ1) is 13.4. The predicted octanol–water partition coefficient (Wildman–Crippen LogP) is 1.62. The first-order chi connectivity index (χ1) is 9.15. The molecule has 0 bridgehead atoms. The second-order valence-corrected chi connectivity index (χ2v) is 5.00. The molecule has 0 aliphatic heterocycles. The smallest absolute Gasteiger partial charge is 0.251 e. The molecule has 0 saturated carbocycles. The largest absolute Gasteiger partial charge is 0.374 e. The minimum absolute atomic E-state index is 0.281. The number of halogens is 1. The van der Waals surface area contributed by atoms with Crippen molar-refractivity contribution >= 4 is 22.4 Å². The average molecular weight is 280 g/mol. The number of amides is 1. The molecule has 2 rings (SSSR count). The lowest BCUT2D eigenvalue weighted by Crippen LogP contribution is -2.24. The summed E-state index contributed by atoms with van der Waals surface area (Å²) in [6.45, 7) is 0.495. The minimum Gasteiger partial charge on any atom is -0.374 e. The molecule has 0 saturated heterocycles. The second-order valence-electron chi connectivity index (χ2n) is 3.90. The van der Waals surface area contributed by atoms with Crippen molar-refractivity contribution in [1.82, 2.24) is 15.5 Å². The topological polar surface area (TPSA) is 80.9 Å². The molecule has 0 aliphatic rings. The highest BCUT2D eigenvalue weighted by molar-refractivity contribution is 7.15. The third kappa shape index (κ3) is 3.99. The molecule has 7 heteroatoms. The van der Waals surface area contributed by atoms with E-state index in [9.17, 15) is 9.18 Å². The highest BCUT2D eigenvalue weighted by atomic mass is 32.1. The molecule has 1 aromatic carbocycles. The molecular formula is C12H13FN4OS. The molecule has 0 aliphatic carbocycles. The summed E-state index contributed by atoms with van der Waals surface area (Å²) >= 11 is 1.34. The Kier molecular flexibility index (Phi) is 4.40. The van der Waals surface area contributed by atoms with Crippen LogP contribution in [-0.4, -0.2) is 22.6 Å². The summed E-state index contributed by atoms with van der Waals surface area (Å²) in [5, 5.41) is 11.6. The summed E-state index contributed by atoms with van der Waals surface area (Å²) in [5.41, 5.74) is 5.78. The van der Waals surface area contributed by atoms with Crippen LogP contribution in [0.5, 0.6) is 0 Å². The van der Waals surface area contributed by atoms with E-state index in [0.717, 1.165) is 11.4 Å². The van der Waals surface area contributed by atoms with E-state index in [1.807, 2.05) is 0 Å². The number of nitrogens with one attached hydrogen (secondary N) is 1. The van der Waals surface area contributed by atoms with Gasteiger partial charge in [0.1, 0.15) is 10.8 Å². The van der Waals surface area contributed by atoms with Crippen molar-refractivity contribution in [2.75, 3.05) is 12.3 Å². The number of aryl methyl sites for hydroxylation is 1. The lowest BCUT2D eigenvalue weighted by Gasteiger charge is -2.04. The van der Waals surface area contributed by atoms with Crippen molar-refractivity contribution in [2.24, 2.45) is 0 Å². The predicted molar refractivity (Wildman–Crippen MR) is 71.4 cm³/mol. The number of nitrogen functional groups attached to an aromatic ring is 1. The average Bonchev–Trinajstić information content (AvgIpc) is 2.80. The fourth-order valence-electron chi connectivity index (χ4n) is 1.54. The summed E-state index contributed by atoms with van der Waals surface area (Å²) in [5.74, 6) is -0.701. The Morgan fingerprint density at radius 2 is 2.26 bits per heavy atom. The first-order valence-corrected chi connectivity index (χ1v) is 6.58. The number of benzene rings is 1. The standard InChI is InChI=1S/C12H13FN4OS/c13-9-4-1-3-8(7-9)11(18)15-6-2-5-10-16-17-12(14)19-10/h1,3-4,7H,2,5-6H2,(H2,14,17)(H,15,18). The number of anilines is 1. The summed E-state index contributed by atoms with van der Waals surface area (Å²) in [6.07, 6.45) is 1.44. The van der Waals surface area contributed by atoms with Crippen LogP contribution < -0.4 is 11.1 Å². The van der Waals surface area contributed by atoms with Crippen molar-refractivity contribution in [3.05, 3.63) is 40.7 Å². The summed E-state index contributed by atoms with van der Waals surface area (Å²) in [6, 6.07) is 5.59. The number of nitrogens with two attached hydrogens (primary N) is 1. The zero-order valence-corrected chi connectivity index (χ0v) is 10.9. The maximum Gasteiger partial charge on any atom is 0.251 e. The minimum atomic E-state index is -0.419. The number of nitrogens with zero attached hydrogens (tertiary/aromatic N) is 2. The van der Waals surface area contributed by atoms with Crippen LogP contribution in [0.25, 0.3) is 0 Å². The molecule has 1 aromatic heterocycles. The molecule has 5 nitrogen and oxygen atoms in total. The fourth-order valence-corrected chi connectivity index (χ4v) is 2.19. The Balaban J connectivity index is 1.75. The molecule has 0 spiro atoms. The maximum absolute atomic E-state index is 12.9. The lowest BCUT2D eigenvalue weighted by molar-refractivity contribution is 0.0953. The van der Waals surface area contributed by atoms with Gasteiger partial charge >= 0.3 is 0 Å². The molecular weight excluding hydrogens is 267 g/mol. The van der Waals surface area contributed by atoms with E-state index in [-0.39, 0.29) is 5.91 Å². The van der Waals surface area contributed by atoms with Crippen molar-refractivity contribution < 1.29 is 9.18 Å². The third-order valence-electron chi connectivity index (χ3n) is 2.42. The molecule has 1 heterocycles. The van der Waals surface area contributed by atoms with E-state index in [1.165, 1.54) is 29.5 Å². The van der Waals surface area contributed by atoms with Gasteiger partial charge < -0.3 is 11.1 Å². The quantitative estimate of drug-likeness (QED) is 0.816. The Morgan fingerprint density at radius 1 is 1.42 bits per heavy atom. The number of aromatic nitrogens is 2. The molecule has 0 atom stereocenters. The van der Waals surface area contributed by atoms with E-state index in [2.05, 4.69) is 15.5 Å². The van der Waals surface area contributed by atoms with Crippen molar-refractivity contribution in [3.8, 4) is 0 Å². The Bertz CT molecular complexity index is 572. The SMILES string of the molecule is Nc1nnc(CCCNC(=O)c2cccc(F)c2)s1. The Morgan fingerprint density at radius 3 is 2.95 bits per heavy atom. The van der Waals surface area contributed by atoms with Gasteiger partial charge in [-0.2, -0.15) is 0 Å². The number of hydrogen-bond acceptors (Lipinski definition) is 5. The van der Waals surface area contributed by atoms with Crippen molar-refractivity contribution in [2.45, 2.75) is 12.8 Å². The number of rotatable bonds is 5. The zero-order valence-electron chi connectivity index (χ0n) is 10.1. The number of hydrogen-bond donors (Lipinski definition) is 2. The first-order valence-electron chi connectivity index (χ1n) is 5.77. The van der Waals surface area contributed by atoms with Crippen LogP contribution in [0.4, 0.5) is 9.52 Å². The molecule has 1 amide bonds. The summed E-state index contributed by atoms with van der Waals surface area (Å²) in [4.78, 5) is 11.7. The van der Waals surface area contributed by atoms with Crippen LogP contribution in [0.1, 0.15) is 21.8 Å². The van der Waals surface area contributed by atoms with Gasteiger partial charge in [-0.15, -0.1) is 10.2 Å². The monoisotopic (exact) mass is 280 g/mol. The second kappa shape index (κ2) is 6.24. The number of carbonyl (C=O) groups excluding carboxylic acids is 1. The van der Waals surface area contributed by atoms with Crippen LogP contribution in [-0.2, 0) is 6.42 Å². The van der Waals surface area contributed by atoms with Crippen LogP contribution in [0, 0.1) is 5.82 Å². The molecule has 0 radical (unpaired) electrons. The Hall–Kier alpha value is -2.02. The van der Waals surface area contributed by atoms with Crippen LogP contribution in [0.3, 0.4) is 0 Å². The highest BCUT2D eigenvalue weighted by Gasteiger charge is 2.06. The summed E-state index contributed by atoms with van der Waals surface area (Å²) in [7, 11) is 0. The number of carbonyl (C=O) groups is 1. The van der Waals surface area contributed by atoms with Gasteiger partial charge in [-0.25, -0.2) is 4.39 Å². The fraction of sp³-hybridized carbons (Fsp3) is 0.250. The van der Waals surface area contributed by atoms with Gasteiger partial charge in [-0.05, 0) is 24.6 Å². The molecule has 0 fully saturated rings. The molecule has 0 unspecified atom stereocenters. The van der Waals surface area contributed by atoms with Gasteiger partial charge in [-0.1, -0.05) is 17.4 Å². The van der Waals surface area contributed by atoms with Gasteiger partial charge in [0.15, 0.2) is 0 Å². The van der Waals surface area contributed by atoms with E-state index < -0.39 is 5.82 Å². The molecule has 2 aromatic rings. The normalized spacial score (nSPS) is 10.4. The van der Waals surface area contributed by atoms with Crippen molar-refractivity contribution in [1.29, 1.82) is 0 Å². The summed E-state index contributed by atoms with van der Waals surface area (Å²) < 4.78 is 12.9. The maximum atomic E-state index is 12.9. The Labute approximate surface area is 113 Å². The van der Waals surface area contributed by atoms with Gasteiger partial charge in [0.25, 0.3) is 5.91 Å².